The lowest BCUT2D eigenvalue weighted by Gasteiger charge is -2.14. The molecule has 0 spiro atoms. The van der Waals surface area contributed by atoms with Gasteiger partial charge >= 0.3 is 0 Å². The Kier molecular flexibility index (Phi) is 5.54. The van der Waals surface area contributed by atoms with E-state index in [2.05, 4.69) is 6.92 Å². The Hall–Kier alpha value is -4.12. The monoisotopic (exact) mass is 452 g/mol. The summed E-state index contributed by atoms with van der Waals surface area (Å²) in [6.07, 6.45) is 3.36. The lowest BCUT2D eigenvalue weighted by atomic mass is 9.93. The number of hydrogen-bond donors (Lipinski definition) is 2. The number of unbranched alkanes of at least 4 members (excludes halogenated alkanes) is 2. The van der Waals surface area contributed by atoms with Gasteiger partial charge in [0.15, 0.2) is 5.78 Å². The normalized spacial score (nSPS) is 11.4. The second kappa shape index (κ2) is 8.67. The fourth-order valence-corrected chi connectivity index (χ4v) is 4.57. The fourth-order valence-electron chi connectivity index (χ4n) is 4.57. The van der Waals surface area contributed by atoms with Crippen molar-refractivity contribution in [3.05, 3.63) is 93.6 Å². The summed E-state index contributed by atoms with van der Waals surface area (Å²) in [5.74, 6) is -0.454. The number of benzene rings is 4. The number of ketones is 1. The van der Waals surface area contributed by atoms with Gasteiger partial charge in [0.05, 0.1) is 16.3 Å². The third-order valence-electron chi connectivity index (χ3n) is 6.34. The highest BCUT2D eigenvalue weighted by molar-refractivity contribution is 6.16. The molecular formula is C29H24O5. The van der Waals surface area contributed by atoms with Crippen molar-refractivity contribution in [2.45, 2.75) is 32.6 Å². The predicted molar refractivity (Wildman–Crippen MR) is 134 cm³/mol. The topological polar surface area (TPSA) is 87.7 Å². The number of hydrogen-bond acceptors (Lipinski definition) is 5. The van der Waals surface area contributed by atoms with Gasteiger partial charge in [-0.3, -0.25) is 9.59 Å². The number of fused-ring (bicyclic) bond motifs is 4. The van der Waals surface area contributed by atoms with E-state index in [1.165, 1.54) is 6.07 Å². The zero-order chi connectivity index (χ0) is 23.8. The highest BCUT2D eigenvalue weighted by Gasteiger charge is 2.21. The number of phenols is 2. The van der Waals surface area contributed by atoms with Gasteiger partial charge in [0, 0.05) is 21.9 Å². The summed E-state index contributed by atoms with van der Waals surface area (Å²) in [5.41, 5.74) is 1.76. The second-order valence-corrected chi connectivity index (χ2v) is 8.52. The first-order valence-electron chi connectivity index (χ1n) is 11.5. The van der Waals surface area contributed by atoms with Crippen LogP contribution in [-0.2, 0) is 6.42 Å². The quantitative estimate of drug-likeness (QED) is 0.133. The zero-order valence-electron chi connectivity index (χ0n) is 18.8. The number of carbonyl (C=O) groups excluding carboxylic acids is 1. The molecule has 0 atom stereocenters. The van der Waals surface area contributed by atoms with Crippen LogP contribution in [0.1, 0.15) is 47.7 Å². The molecule has 0 aliphatic heterocycles. The van der Waals surface area contributed by atoms with E-state index >= 15 is 0 Å². The van der Waals surface area contributed by atoms with Crippen LogP contribution in [0, 0.1) is 0 Å². The SMILES string of the molecule is CCCCCc1c(O)c2cc(C(=O)c3ccccc3O)ccc2c2c(=O)c3ccccc3oc12. The molecule has 0 saturated heterocycles. The molecule has 5 nitrogen and oxygen atoms in total. The van der Waals surface area contributed by atoms with Crippen molar-refractivity contribution in [1.29, 1.82) is 0 Å². The van der Waals surface area contributed by atoms with Crippen LogP contribution in [-0.4, -0.2) is 16.0 Å². The summed E-state index contributed by atoms with van der Waals surface area (Å²) in [5, 5.41) is 23.3. The van der Waals surface area contributed by atoms with Crippen LogP contribution in [0.15, 0.2) is 75.9 Å². The first-order chi connectivity index (χ1) is 16.5. The molecule has 2 N–H and O–H groups in total. The molecule has 0 amide bonds. The van der Waals surface area contributed by atoms with Gasteiger partial charge in [0.25, 0.3) is 0 Å². The first-order valence-corrected chi connectivity index (χ1v) is 11.5. The molecule has 1 heterocycles. The van der Waals surface area contributed by atoms with E-state index in [0.717, 1.165) is 19.3 Å². The Morgan fingerprint density at radius 2 is 1.65 bits per heavy atom. The van der Waals surface area contributed by atoms with Crippen LogP contribution < -0.4 is 5.43 Å². The molecular weight excluding hydrogens is 428 g/mol. The van der Waals surface area contributed by atoms with E-state index in [-0.39, 0.29) is 28.3 Å². The van der Waals surface area contributed by atoms with Gasteiger partial charge in [-0.05, 0) is 43.2 Å². The summed E-state index contributed by atoms with van der Waals surface area (Å²) < 4.78 is 6.18. The minimum atomic E-state index is -0.363. The number of rotatable bonds is 6. The Morgan fingerprint density at radius 1 is 0.882 bits per heavy atom. The summed E-state index contributed by atoms with van der Waals surface area (Å²) in [4.78, 5) is 26.6. The van der Waals surface area contributed by atoms with E-state index in [4.69, 9.17) is 4.42 Å². The maximum Gasteiger partial charge on any atom is 0.201 e. The molecule has 170 valence electrons. The highest BCUT2D eigenvalue weighted by atomic mass is 16.3. The van der Waals surface area contributed by atoms with E-state index in [1.54, 1.807) is 54.6 Å². The summed E-state index contributed by atoms with van der Waals surface area (Å²) >= 11 is 0. The van der Waals surface area contributed by atoms with Gasteiger partial charge in [0.2, 0.25) is 5.43 Å². The molecule has 4 aromatic carbocycles. The lowest BCUT2D eigenvalue weighted by molar-refractivity contribution is 0.103. The van der Waals surface area contributed by atoms with Crippen LogP contribution in [0.3, 0.4) is 0 Å². The number of para-hydroxylation sites is 2. The van der Waals surface area contributed by atoms with Crippen LogP contribution in [0.5, 0.6) is 11.5 Å². The number of carbonyl (C=O) groups is 1. The van der Waals surface area contributed by atoms with Crippen molar-refractivity contribution in [3.8, 4) is 11.5 Å². The average molecular weight is 453 g/mol. The Bertz CT molecular complexity index is 1630. The van der Waals surface area contributed by atoms with Gasteiger partial charge < -0.3 is 14.6 Å². The summed E-state index contributed by atoms with van der Waals surface area (Å²) in [6.45, 7) is 2.10. The Labute approximate surface area is 195 Å². The summed E-state index contributed by atoms with van der Waals surface area (Å²) in [7, 11) is 0. The minimum Gasteiger partial charge on any atom is -0.507 e. The number of phenolic OH excluding ortho intramolecular Hbond substituents is 2. The molecule has 0 saturated carbocycles. The van der Waals surface area contributed by atoms with Crippen molar-refractivity contribution >= 4 is 38.5 Å². The van der Waals surface area contributed by atoms with Crippen molar-refractivity contribution < 1.29 is 19.4 Å². The fraction of sp³-hybridized carbons (Fsp3) is 0.172. The maximum absolute atomic E-state index is 13.5. The first kappa shape index (κ1) is 21.7. The van der Waals surface area contributed by atoms with Gasteiger partial charge in [-0.1, -0.05) is 56.2 Å². The van der Waals surface area contributed by atoms with Crippen molar-refractivity contribution in [1.82, 2.24) is 0 Å². The molecule has 34 heavy (non-hydrogen) atoms. The molecule has 0 radical (unpaired) electrons. The Morgan fingerprint density at radius 3 is 2.44 bits per heavy atom. The molecule has 5 heteroatoms. The van der Waals surface area contributed by atoms with Crippen LogP contribution in [0.4, 0.5) is 0 Å². The zero-order valence-corrected chi connectivity index (χ0v) is 18.8. The van der Waals surface area contributed by atoms with Gasteiger partial charge in [-0.25, -0.2) is 0 Å². The van der Waals surface area contributed by atoms with Crippen LogP contribution >= 0.6 is 0 Å². The van der Waals surface area contributed by atoms with Gasteiger partial charge in [-0.2, -0.15) is 0 Å². The van der Waals surface area contributed by atoms with E-state index < -0.39 is 0 Å². The van der Waals surface area contributed by atoms with Crippen molar-refractivity contribution in [3.63, 3.8) is 0 Å². The molecule has 5 rings (SSSR count). The minimum absolute atomic E-state index is 0.0176. The molecule has 0 aliphatic rings. The van der Waals surface area contributed by atoms with E-state index in [1.807, 2.05) is 6.07 Å². The molecule has 1 aromatic heterocycles. The average Bonchev–Trinajstić information content (AvgIpc) is 2.86. The molecule has 0 fully saturated rings. The van der Waals surface area contributed by atoms with Gasteiger partial charge in [-0.15, -0.1) is 0 Å². The maximum atomic E-state index is 13.5. The molecule has 0 aliphatic carbocycles. The van der Waals surface area contributed by atoms with Crippen LogP contribution in [0.2, 0.25) is 0 Å². The van der Waals surface area contributed by atoms with Crippen molar-refractivity contribution in [2.24, 2.45) is 0 Å². The van der Waals surface area contributed by atoms with Crippen molar-refractivity contribution in [2.75, 3.05) is 0 Å². The predicted octanol–water partition coefficient (Wildman–Crippen LogP) is 6.47. The number of aryl methyl sites for hydroxylation is 1. The van der Waals surface area contributed by atoms with Gasteiger partial charge in [0.1, 0.15) is 22.7 Å². The van der Waals surface area contributed by atoms with E-state index in [9.17, 15) is 19.8 Å². The summed E-state index contributed by atoms with van der Waals surface area (Å²) in [6, 6.07) is 18.3. The largest absolute Gasteiger partial charge is 0.507 e. The molecule has 0 bridgehead atoms. The molecule has 5 aromatic rings. The highest BCUT2D eigenvalue weighted by Crippen LogP contribution is 2.39. The Balaban J connectivity index is 1.82. The smallest absolute Gasteiger partial charge is 0.201 e. The number of aromatic hydroxyl groups is 2. The standard InChI is InChI=1S/C29H24O5/c1-2-3-4-11-21-27(32)22-16-17(26(31)19-9-5-7-12-23(19)30)14-15-18(22)25-28(33)20-10-6-8-13-24(20)34-29(21)25/h5-10,12-16,30,32H,2-4,11H2,1H3. The third kappa shape index (κ3) is 3.50. The van der Waals surface area contributed by atoms with E-state index in [0.29, 0.717) is 50.3 Å². The second-order valence-electron chi connectivity index (χ2n) is 8.52. The third-order valence-corrected chi connectivity index (χ3v) is 6.34. The molecule has 0 unspecified atom stereocenters. The van der Waals surface area contributed by atoms with Crippen LogP contribution in [0.25, 0.3) is 32.7 Å². The lowest BCUT2D eigenvalue weighted by Crippen LogP contribution is -2.06.